The van der Waals surface area contributed by atoms with Crippen LogP contribution in [0.1, 0.15) is 21.5 Å². The third-order valence-electron chi connectivity index (χ3n) is 3.97. The van der Waals surface area contributed by atoms with Gasteiger partial charge in [0.25, 0.3) is 5.91 Å². The lowest BCUT2D eigenvalue weighted by atomic mass is 10.1. The molecule has 1 heterocycles. The summed E-state index contributed by atoms with van der Waals surface area (Å²) in [6.45, 7) is 3.95. The number of aromatic nitrogens is 2. The predicted molar refractivity (Wildman–Crippen MR) is 106 cm³/mol. The van der Waals surface area contributed by atoms with E-state index in [4.69, 9.17) is 23.2 Å². The van der Waals surface area contributed by atoms with Crippen LogP contribution in [-0.2, 0) is 0 Å². The first kappa shape index (κ1) is 18.2. The van der Waals surface area contributed by atoms with Crippen molar-refractivity contribution in [2.45, 2.75) is 13.8 Å². The molecule has 3 aromatic rings. The minimum absolute atomic E-state index is 0.277. The molecule has 1 amide bonds. The van der Waals surface area contributed by atoms with Gasteiger partial charge in [-0.1, -0.05) is 41.4 Å². The molecular weight excluding hydrogens is 371 g/mol. The van der Waals surface area contributed by atoms with Gasteiger partial charge in [0.15, 0.2) is 0 Å². The largest absolute Gasteiger partial charge is 0.322 e. The van der Waals surface area contributed by atoms with E-state index in [2.05, 4.69) is 20.6 Å². The molecule has 2 aromatic carbocycles. The summed E-state index contributed by atoms with van der Waals surface area (Å²) in [6, 6.07) is 10.9. The van der Waals surface area contributed by atoms with Crippen molar-refractivity contribution in [3.63, 3.8) is 0 Å². The van der Waals surface area contributed by atoms with Crippen LogP contribution in [0.5, 0.6) is 0 Å². The number of carbonyl (C=O) groups excluding carboxylic acids is 1. The molecule has 132 valence electrons. The van der Waals surface area contributed by atoms with Crippen molar-refractivity contribution in [3.8, 4) is 0 Å². The molecule has 3 rings (SSSR count). The van der Waals surface area contributed by atoms with E-state index in [1.54, 1.807) is 18.2 Å². The van der Waals surface area contributed by atoms with Crippen LogP contribution in [0.25, 0.3) is 0 Å². The molecule has 0 unspecified atom stereocenters. The highest BCUT2D eigenvalue weighted by Crippen LogP contribution is 2.31. The molecule has 0 saturated carbocycles. The average molecular weight is 387 g/mol. The fourth-order valence-electron chi connectivity index (χ4n) is 2.32. The van der Waals surface area contributed by atoms with Gasteiger partial charge in [0.05, 0.1) is 21.3 Å². The van der Waals surface area contributed by atoms with Gasteiger partial charge >= 0.3 is 0 Å². The number of aryl methyl sites for hydroxylation is 1. The van der Waals surface area contributed by atoms with Gasteiger partial charge in [0.2, 0.25) is 5.95 Å². The van der Waals surface area contributed by atoms with Crippen LogP contribution in [0.15, 0.2) is 48.8 Å². The van der Waals surface area contributed by atoms with E-state index in [-0.39, 0.29) is 5.91 Å². The Balaban J connectivity index is 1.75. The Morgan fingerprint density at radius 3 is 2.23 bits per heavy atom. The highest BCUT2D eigenvalue weighted by Gasteiger charge is 2.11. The topological polar surface area (TPSA) is 66.9 Å². The van der Waals surface area contributed by atoms with Crippen molar-refractivity contribution >= 4 is 46.4 Å². The van der Waals surface area contributed by atoms with Crippen LogP contribution in [-0.4, -0.2) is 15.9 Å². The SMILES string of the molecule is Cc1cccc(NC(=O)c2cnc(Nc3c(Cl)cccc3Cl)nc2)c1C. The first-order valence-corrected chi connectivity index (χ1v) is 8.62. The molecule has 0 atom stereocenters. The molecule has 0 aliphatic carbocycles. The monoisotopic (exact) mass is 386 g/mol. The Kier molecular flexibility index (Phi) is 5.40. The van der Waals surface area contributed by atoms with Crippen LogP contribution >= 0.6 is 23.2 Å². The summed E-state index contributed by atoms with van der Waals surface area (Å²) in [5.74, 6) is 0.0179. The van der Waals surface area contributed by atoms with E-state index in [0.717, 1.165) is 16.8 Å². The number of rotatable bonds is 4. The van der Waals surface area contributed by atoms with Crippen LogP contribution in [0.4, 0.5) is 17.3 Å². The summed E-state index contributed by atoms with van der Waals surface area (Å²) in [5.41, 5.74) is 3.76. The minimum atomic E-state index is -0.277. The molecule has 0 aliphatic heterocycles. The van der Waals surface area contributed by atoms with E-state index in [0.29, 0.717) is 27.2 Å². The molecule has 2 N–H and O–H groups in total. The quantitative estimate of drug-likeness (QED) is 0.629. The van der Waals surface area contributed by atoms with E-state index in [1.165, 1.54) is 12.4 Å². The first-order chi connectivity index (χ1) is 12.5. The van der Waals surface area contributed by atoms with Gasteiger partial charge in [0, 0.05) is 18.1 Å². The highest BCUT2D eigenvalue weighted by atomic mass is 35.5. The third-order valence-corrected chi connectivity index (χ3v) is 4.60. The number of halogens is 2. The number of nitrogens with zero attached hydrogens (tertiary/aromatic N) is 2. The number of anilines is 3. The van der Waals surface area contributed by atoms with Crippen LogP contribution < -0.4 is 10.6 Å². The molecule has 0 saturated heterocycles. The second kappa shape index (κ2) is 7.72. The fourth-order valence-corrected chi connectivity index (χ4v) is 2.81. The number of hydrogen-bond donors (Lipinski definition) is 2. The summed E-state index contributed by atoms with van der Waals surface area (Å²) >= 11 is 12.2. The van der Waals surface area contributed by atoms with Crippen LogP contribution in [0.3, 0.4) is 0 Å². The van der Waals surface area contributed by atoms with Crippen molar-refractivity contribution in [1.82, 2.24) is 9.97 Å². The van der Waals surface area contributed by atoms with Gasteiger partial charge in [0.1, 0.15) is 0 Å². The zero-order chi connectivity index (χ0) is 18.7. The molecule has 7 heteroatoms. The molecule has 0 aliphatic rings. The van der Waals surface area contributed by atoms with E-state index < -0.39 is 0 Å². The number of benzene rings is 2. The smallest absolute Gasteiger partial charge is 0.258 e. The summed E-state index contributed by atoms with van der Waals surface area (Å²) in [7, 11) is 0. The number of para-hydroxylation sites is 1. The zero-order valence-corrected chi connectivity index (χ0v) is 15.7. The predicted octanol–water partition coefficient (Wildman–Crippen LogP) is 5.40. The maximum atomic E-state index is 12.4. The van der Waals surface area contributed by atoms with E-state index in [1.807, 2.05) is 32.0 Å². The van der Waals surface area contributed by atoms with Gasteiger partial charge in [-0.25, -0.2) is 9.97 Å². The van der Waals surface area contributed by atoms with Crippen molar-refractivity contribution in [2.24, 2.45) is 0 Å². The van der Waals surface area contributed by atoms with Crippen molar-refractivity contribution in [2.75, 3.05) is 10.6 Å². The molecule has 0 bridgehead atoms. The van der Waals surface area contributed by atoms with E-state index >= 15 is 0 Å². The summed E-state index contributed by atoms with van der Waals surface area (Å²) in [5, 5.41) is 6.74. The number of amides is 1. The summed E-state index contributed by atoms with van der Waals surface area (Å²) in [6.07, 6.45) is 2.89. The first-order valence-electron chi connectivity index (χ1n) is 7.86. The molecule has 26 heavy (non-hydrogen) atoms. The van der Waals surface area contributed by atoms with Gasteiger partial charge in [-0.3, -0.25) is 4.79 Å². The fraction of sp³-hybridized carbons (Fsp3) is 0.105. The van der Waals surface area contributed by atoms with E-state index in [9.17, 15) is 4.79 Å². The lowest BCUT2D eigenvalue weighted by Crippen LogP contribution is -2.14. The Labute approximate surface area is 161 Å². The van der Waals surface area contributed by atoms with Crippen LogP contribution in [0, 0.1) is 13.8 Å². The van der Waals surface area contributed by atoms with Crippen molar-refractivity contribution < 1.29 is 4.79 Å². The zero-order valence-electron chi connectivity index (χ0n) is 14.2. The van der Waals surface area contributed by atoms with Gasteiger partial charge in [-0.15, -0.1) is 0 Å². The molecule has 0 fully saturated rings. The number of carbonyl (C=O) groups is 1. The molecule has 0 radical (unpaired) electrons. The molecule has 5 nitrogen and oxygen atoms in total. The van der Waals surface area contributed by atoms with Gasteiger partial charge in [-0.2, -0.15) is 0 Å². The normalized spacial score (nSPS) is 10.5. The molecule has 0 spiro atoms. The average Bonchev–Trinajstić information content (AvgIpc) is 2.63. The Hall–Kier alpha value is -2.63. The minimum Gasteiger partial charge on any atom is -0.322 e. The highest BCUT2D eigenvalue weighted by molar-refractivity contribution is 6.39. The summed E-state index contributed by atoms with van der Waals surface area (Å²) < 4.78 is 0. The number of nitrogens with one attached hydrogen (secondary N) is 2. The number of hydrogen-bond acceptors (Lipinski definition) is 4. The van der Waals surface area contributed by atoms with Crippen molar-refractivity contribution in [1.29, 1.82) is 0 Å². The van der Waals surface area contributed by atoms with Gasteiger partial charge < -0.3 is 10.6 Å². The summed E-state index contributed by atoms with van der Waals surface area (Å²) in [4.78, 5) is 20.7. The van der Waals surface area contributed by atoms with Crippen molar-refractivity contribution in [3.05, 3.63) is 75.5 Å². The maximum Gasteiger partial charge on any atom is 0.258 e. The second-order valence-corrected chi connectivity index (χ2v) is 6.53. The lowest BCUT2D eigenvalue weighted by Gasteiger charge is -2.11. The lowest BCUT2D eigenvalue weighted by molar-refractivity contribution is 0.102. The third kappa shape index (κ3) is 3.95. The van der Waals surface area contributed by atoms with Crippen LogP contribution in [0.2, 0.25) is 10.0 Å². The molecule has 1 aromatic heterocycles. The standard InChI is InChI=1S/C19H16Cl2N4O/c1-11-5-3-8-16(12(11)2)24-18(26)13-9-22-19(23-10-13)25-17-14(20)6-4-7-15(17)21/h3-10H,1-2H3,(H,24,26)(H,22,23,25). The Morgan fingerprint density at radius 2 is 1.58 bits per heavy atom. The van der Waals surface area contributed by atoms with Gasteiger partial charge in [-0.05, 0) is 43.2 Å². The molecular formula is C19H16Cl2N4O. The Bertz CT molecular complexity index is 938. The maximum absolute atomic E-state index is 12.4. The second-order valence-electron chi connectivity index (χ2n) is 5.72. The Morgan fingerprint density at radius 1 is 0.962 bits per heavy atom.